The molecule has 2 heterocycles. The summed E-state index contributed by atoms with van der Waals surface area (Å²) < 4.78 is 2.14. The summed E-state index contributed by atoms with van der Waals surface area (Å²) >= 11 is 16.7. The van der Waals surface area contributed by atoms with Crippen molar-refractivity contribution in [3.05, 3.63) is 31.3 Å². The normalized spacial score (nSPS) is 11.3. The van der Waals surface area contributed by atoms with E-state index in [0.29, 0.717) is 20.2 Å². The molecule has 18 heavy (non-hydrogen) atoms. The molecule has 2 aromatic heterocycles. The monoisotopic (exact) mass is 361 g/mol. The van der Waals surface area contributed by atoms with Crippen molar-refractivity contribution < 1.29 is 0 Å². The van der Waals surface area contributed by atoms with Gasteiger partial charge in [-0.1, -0.05) is 39.1 Å². The minimum absolute atomic E-state index is 0.608. The molecule has 0 saturated heterocycles. The van der Waals surface area contributed by atoms with Crippen molar-refractivity contribution in [2.75, 3.05) is 5.73 Å². The molecular formula is C11H6BrCl2N3S. The summed E-state index contributed by atoms with van der Waals surface area (Å²) in [5, 5.41) is 0. The second-order valence-corrected chi connectivity index (χ2v) is 6.92. The van der Waals surface area contributed by atoms with E-state index >= 15 is 0 Å². The van der Waals surface area contributed by atoms with Crippen LogP contribution in [0.4, 0.5) is 5.69 Å². The summed E-state index contributed by atoms with van der Waals surface area (Å²) in [6, 6.07) is 5.52. The third-order valence-corrected chi connectivity index (χ3v) is 4.44. The third-order valence-electron chi connectivity index (χ3n) is 2.49. The Hall–Kier alpha value is -0.750. The van der Waals surface area contributed by atoms with E-state index in [0.717, 1.165) is 21.1 Å². The number of nitrogens with zero attached hydrogens (tertiary/aromatic N) is 1. The molecule has 1 aromatic carbocycles. The zero-order valence-electron chi connectivity index (χ0n) is 8.80. The van der Waals surface area contributed by atoms with Gasteiger partial charge in [0, 0.05) is 10.0 Å². The lowest BCUT2D eigenvalue weighted by Gasteiger charge is -1.94. The van der Waals surface area contributed by atoms with Crippen LogP contribution in [0.1, 0.15) is 0 Å². The maximum atomic E-state index is 6.11. The van der Waals surface area contributed by atoms with Crippen molar-refractivity contribution >= 4 is 67.2 Å². The molecule has 3 rings (SSSR count). The van der Waals surface area contributed by atoms with E-state index in [1.54, 1.807) is 6.07 Å². The highest BCUT2D eigenvalue weighted by Crippen LogP contribution is 2.38. The lowest BCUT2D eigenvalue weighted by molar-refractivity contribution is 1.35. The van der Waals surface area contributed by atoms with Crippen LogP contribution in [0.5, 0.6) is 0 Å². The lowest BCUT2D eigenvalue weighted by Crippen LogP contribution is -1.86. The molecule has 0 radical (unpaired) electrons. The highest BCUT2D eigenvalue weighted by atomic mass is 79.9. The first-order chi connectivity index (χ1) is 8.54. The van der Waals surface area contributed by atoms with Gasteiger partial charge in [-0.2, -0.15) is 0 Å². The van der Waals surface area contributed by atoms with Crippen molar-refractivity contribution in [2.45, 2.75) is 0 Å². The molecule has 7 heteroatoms. The number of fused-ring (bicyclic) bond motifs is 1. The molecule has 3 N–H and O–H groups in total. The molecule has 0 atom stereocenters. The Morgan fingerprint density at radius 2 is 2.06 bits per heavy atom. The Bertz CT molecular complexity index is 750. The van der Waals surface area contributed by atoms with Crippen LogP contribution in [0.3, 0.4) is 0 Å². The highest BCUT2D eigenvalue weighted by molar-refractivity contribution is 9.10. The predicted molar refractivity (Wildman–Crippen MR) is 81.5 cm³/mol. The van der Waals surface area contributed by atoms with Crippen molar-refractivity contribution in [1.29, 1.82) is 0 Å². The number of nitrogen functional groups attached to an aromatic ring is 1. The van der Waals surface area contributed by atoms with Gasteiger partial charge in [0.05, 0.1) is 15.5 Å². The molecule has 0 bridgehead atoms. The van der Waals surface area contributed by atoms with Gasteiger partial charge < -0.3 is 10.7 Å². The molecule has 0 aliphatic heterocycles. The molecule has 0 saturated carbocycles. The average molecular weight is 363 g/mol. The minimum atomic E-state index is 0.608. The highest BCUT2D eigenvalue weighted by Gasteiger charge is 2.14. The van der Waals surface area contributed by atoms with Crippen molar-refractivity contribution in [3.63, 3.8) is 0 Å². The number of nitrogens with two attached hydrogens (primary N) is 1. The molecule has 0 aliphatic rings. The largest absolute Gasteiger partial charge is 0.397 e. The Kier molecular flexibility index (Phi) is 3.02. The van der Waals surface area contributed by atoms with E-state index in [9.17, 15) is 0 Å². The van der Waals surface area contributed by atoms with Crippen LogP contribution in [-0.2, 0) is 0 Å². The van der Waals surface area contributed by atoms with E-state index in [1.165, 1.54) is 11.3 Å². The maximum Gasteiger partial charge on any atom is 0.141 e. The van der Waals surface area contributed by atoms with Gasteiger partial charge in [0.25, 0.3) is 0 Å². The van der Waals surface area contributed by atoms with Gasteiger partial charge in [-0.3, -0.25) is 0 Å². The number of hydrogen-bond acceptors (Lipinski definition) is 3. The summed E-state index contributed by atoms with van der Waals surface area (Å²) in [6.07, 6.45) is 0. The number of aromatic amines is 1. The number of anilines is 1. The fourth-order valence-corrected chi connectivity index (χ4v) is 3.68. The summed E-state index contributed by atoms with van der Waals surface area (Å²) in [7, 11) is 0. The first-order valence-electron chi connectivity index (χ1n) is 4.94. The smallest absolute Gasteiger partial charge is 0.141 e. The van der Waals surface area contributed by atoms with E-state index in [2.05, 4.69) is 25.9 Å². The van der Waals surface area contributed by atoms with Crippen LogP contribution in [-0.4, -0.2) is 9.97 Å². The molecule has 0 amide bonds. The molecule has 0 fully saturated rings. The van der Waals surface area contributed by atoms with Crippen LogP contribution < -0.4 is 5.73 Å². The van der Waals surface area contributed by atoms with E-state index in [4.69, 9.17) is 28.9 Å². The quantitative estimate of drug-likeness (QED) is 0.602. The summed E-state index contributed by atoms with van der Waals surface area (Å²) in [4.78, 5) is 7.65. The summed E-state index contributed by atoms with van der Waals surface area (Å²) in [5.41, 5.74) is 8.91. The number of benzene rings is 1. The van der Waals surface area contributed by atoms with Crippen LogP contribution >= 0.6 is 50.5 Å². The number of nitrogens with one attached hydrogen (secondary N) is 1. The van der Waals surface area contributed by atoms with Crippen LogP contribution in [0, 0.1) is 0 Å². The maximum absolute atomic E-state index is 6.11. The first-order valence-corrected chi connectivity index (χ1v) is 7.31. The summed E-state index contributed by atoms with van der Waals surface area (Å²) in [5.74, 6) is 0.669. The number of aromatic nitrogens is 2. The van der Waals surface area contributed by atoms with Crippen molar-refractivity contribution in [2.24, 2.45) is 0 Å². The Balaban J connectivity index is 2.25. The van der Waals surface area contributed by atoms with Gasteiger partial charge >= 0.3 is 0 Å². The van der Waals surface area contributed by atoms with Gasteiger partial charge in [-0.15, -0.1) is 11.3 Å². The van der Waals surface area contributed by atoms with Gasteiger partial charge in [-0.25, -0.2) is 4.98 Å². The Morgan fingerprint density at radius 3 is 2.72 bits per heavy atom. The number of rotatable bonds is 1. The molecule has 0 aliphatic carbocycles. The molecule has 3 nitrogen and oxygen atoms in total. The molecule has 0 spiro atoms. The van der Waals surface area contributed by atoms with Crippen LogP contribution in [0.25, 0.3) is 22.4 Å². The minimum Gasteiger partial charge on any atom is -0.397 e. The average Bonchev–Trinajstić information content (AvgIpc) is 2.81. The molecule has 92 valence electrons. The van der Waals surface area contributed by atoms with E-state index in [1.807, 2.05) is 12.1 Å². The first kappa shape index (κ1) is 12.3. The standard InChI is InChI=1S/C11H6BrCl2N3S/c12-4-1-6(15)9-7(2-4)16-11(17-9)5-3-8(13)18-10(5)14/h1-3H,15H2,(H,16,17). The topological polar surface area (TPSA) is 54.7 Å². The molecular weight excluding hydrogens is 357 g/mol. The fraction of sp³-hybridized carbons (Fsp3) is 0. The van der Waals surface area contributed by atoms with Gasteiger partial charge in [0.15, 0.2) is 0 Å². The van der Waals surface area contributed by atoms with E-state index < -0.39 is 0 Å². The zero-order chi connectivity index (χ0) is 12.9. The van der Waals surface area contributed by atoms with E-state index in [-0.39, 0.29) is 0 Å². The second-order valence-electron chi connectivity index (χ2n) is 3.71. The van der Waals surface area contributed by atoms with Gasteiger partial charge in [-0.05, 0) is 18.2 Å². The number of thiophene rings is 1. The molecule has 3 aromatic rings. The van der Waals surface area contributed by atoms with Crippen LogP contribution in [0.15, 0.2) is 22.7 Å². The van der Waals surface area contributed by atoms with Gasteiger partial charge in [0.1, 0.15) is 15.7 Å². The Morgan fingerprint density at radius 1 is 1.28 bits per heavy atom. The Labute approximate surface area is 125 Å². The van der Waals surface area contributed by atoms with Crippen molar-refractivity contribution in [1.82, 2.24) is 9.97 Å². The number of halogens is 3. The number of H-pyrrole nitrogens is 1. The number of imidazole rings is 1. The number of hydrogen-bond donors (Lipinski definition) is 2. The SMILES string of the molecule is Nc1cc(Br)cc2[nH]c(-c3cc(Cl)sc3Cl)nc12. The van der Waals surface area contributed by atoms with Crippen LogP contribution in [0.2, 0.25) is 8.67 Å². The zero-order valence-corrected chi connectivity index (χ0v) is 12.7. The second kappa shape index (κ2) is 4.42. The lowest BCUT2D eigenvalue weighted by atomic mass is 10.3. The van der Waals surface area contributed by atoms with Gasteiger partial charge in [0.2, 0.25) is 0 Å². The summed E-state index contributed by atoms with van der Waals surface area (Å²) in [6.45, 7) is 0. The van der Waals surface area contributed by atoms with Crippen molar-refractivity contribution in [3.8, 4) is 11.4 Å². The third kappa shape index (κ3) is 2.01. The molecule has 0 unspecified atom stereocenters. The predicted octanol–water partition coefficient (Wildman–Crippen LogP) is 4.94. The fourth-order valence-electron chi connectivity index (χ4n) is 1.74.